The van der Waals surface area contributed by atoms with Crippen molar-refractivity contribution in [2.75, 3.05) is 6.54 Å². The van der Waals surface area contributed by atoms with E-state index in [1.165, 1.54) is 11.3 Å². The highest BCUT2D eigenvalue weighted by atomic mass is 32.1. The second-order valence-electron chi connectivity index (χ2n) is 6.53. The van der Waals surface area contributed by atoms with Gasteiger partial charge >= 0.3 is 5.97 Å². The third-order valence-electron chi connectivity index (χ3n) is 4.97. The van der Waals surface area contributed by atoms with E-state index in [-0.39, 0.29) is 23.8 Å². The van der Waals surface area contributed by atoms with Crippen LogP contribution in [0.15, 0.2) is 17.5 Å². The summed E-state index contributed by atoms with van der Waals surface area (Å²) >= 11 is 1.39. The first kappa shape index (κ1) is 17.0. The van der Waals surface area contributed by atoms with Gasteiger partial charge in [0.2, 0.25) is 5.91 Å². The van der Waals surface area contributed by atoms with Gasteiger partial charge in [0.1, 0.15) is 6.04 Å². The zero-order chi connectivity index (χ0) is 17.1. The molecule has 2 heterocycles. The lowest BCUT2D eigenvalue weighted by molar-refractivity contribution is -0.142. The molecule has 7 heteroatoms. The van der Waals surface area contributed by atoms with Gasteiger partial charge in [0.05, 0.1) is 10.8 Å². The summed E-state index contributed by atoms with van der Waals surface area (Å²) in [7, 11) is 0. The Kier molecular flexibility index (Phi) is 5.18. The minimum absolute atomic E-state index is 0.0207. The van der Waals surface area contributed by atoms with Crippen LogP contribution in [0, 0.1) is 5.92 Å². The summed E-state index contributed by atoms with van der Waals surface area (Å²) in [5, 5.41) is 13.9. The van der Waals surface area contributed by atoms with Crippen molar-refractivity contribution in [3.05, 3.63) is 22.4 Å². The number of hydrogen-bond acceptors (Lipinski definition) is 4. The molecular weight excluding hydrogens is 328 g/mol. The van der Waals surface area contributed by atoms with Gasteiger partial charge in [-0.05, 0) is 50.0 Å². The molecule has 0 radical (unpaired) electrons. The number of carboxylic acids is 1. The van der Waals surface area contributed by atoms with Crippen molar-refractivity contribution >= 4 is 29.1 Å². The molecule has 2 aliphatic rings. The number of thiophene rings is 1. The zero-order valence-electron chi connectivity index (χ0n) is 13.4. The smallest absolute Gasteiger partial charge is 0.306 e. The van der Waals surface area contributed by atoms with Gasteiger partial charge in [-0.15, -0.1) is 11.3 Å². The van der Waals surface area contributed by atoms with Crippen LogP contribution in [0.25, 0.3) is 0 Å². The van der Waals surface area contributed by atoms with Crippen LogP contribution in [0.4, 0.5) is 0 Å². The lowest BCUT2D eigenvalue weighted by Crippen LogP contribution is -2.49. The number of hydrogen-bond donors (Lipinski definition) is 2. The zero-order valence-corrected chi connectivity index (χ0v) is 14.3. The Morgan fingerprint density at radius 2 is 1.92 bits per heavy atom. The summed E-state index contributed by atoms with van der Waals surface area (Å²) in [6.45, 7) is 0.612. The summed E-state index contributed by atoms with van der Waals surface area (Å²) < 4.78 is 0. The molecule has 3 rings (SSSR count). The van der Waals surface area contributed by atoms with Crippen LogP contribution in [0.5, 0.6) is 0 Å². The molecule has 2 amide bonds. The summed E-state index contributed by atoms with van der Waals surface area (Å²) in [4.78, 5) is 38.4. The number of carboxylic acid groups (broad SMARTS) is 1. The molecule has 0 unspecified atom stereocenters. The average molecular weight is 350 g/mol. The van der Waals surface area contributed by atoms with Crippen molar-refractivity contribution in [2.24, 2.45) is 5.92 Å². The molecule has 1 aromatic heterocycles. The highest BCUT2D eigenvalue weighted by Gasteiger charge is 2.36. The third kappa shape index (κ3) is 3.61. The number of amides is 2. The molecule has 1 saturated carbocycles. The van der Waals surface area contributed by atoms with E-state index in [1.807, 2.05) is 11.4 Å². The van der Waals surface area contributed by atoms with Crippen LogP contribution < -0.4 is 5.32 Å². The van der Waals surface area contributed by atoms with Gasteiger partial charge in [0.15, 0.2) is 0 Å². The predicted octanol–water partition coefficient (Wildman–Crippen LogP) is 2.11. The summed E-state index contributed by atoms with van der Waals surface area (Å²) in [5.41, 5.74) is 0. The molecule has 130 valence electrons. The first-order chi connectivity index (χ1) is 11.6. The Hall–Kier alpha value is -1.89. The molecule has 0 bridgehead atoms. The van der Waals surface area contributed by atoms with Gasteiger partial charge in [-0.2, -0.15) is 0 Å². The van der Waals surface area contributed by atoms with Crippen molar-refractivity contribution < 1.29 is 19.5 Å². The fourth-order valence-electron chi connectivity index (χ4n) is 3.61. The van der Waals surface area contributed by atoms with Gasteiger partial charge in [-0.25, -0.2) is 0 Å². The van der Waals surface area contributed by atoms with Crippen molar-refractivity contribution in [1.29, 1.82) is 0 Å². The minimum Gasteiger partial charge on any atom is -0.481 e. The minimum atomic E-state index is -0.747. The number of nitrogens with one attached hydrogen (secondary N) is 1. The normalized spacial score (nSPS) is 27.0. The first-order valence-electron chi connectivity index (χ1n) is 8.44. The van der Waals surface area contributed by atoms with E-state index in [9.17, 15) is 14.4 Å². The predicted molar refractivity (Wildman–Crippen MR) is 89.9 cm³/mol. The Labute approximate surface area is 144 Å². The monoisotopic (exact) mass is 350 g/mol. The van der Waals surface area contributed by atoms with Crippen molar-refractivity contribution in [3.63, 3.8) is 0 Å². The number of aliphatic carboxylic acids is 1. The number of likely N-dealkylation sites (tertiary alicyclic amines) is 1. The Morgan fingerprint density at radius 1 is 1.17 bits per heavy atom. The summed E-state index contributed by atoms with van der Waals surface area (Å²) in [6.07, 6.45) is 4.10. The highest BCUT2D eigenvalue weighted by Crippen LogP contribution is 2.26. The number of carbonyl (C=O) groups is 3. The van der Waals surface area contributed by atoms with Gasteiger partial charge < -0.3 is 15.3 Å². The molecule has 24 heavy (non-hydrogen) atoms. The highest BCUT2D eigenvalue weighted by molar-refractivity contribution is 7.12. The SMILES string of the molecule is O=C(O)C1CCC(NC(=O)[C@@H]2CCCN2C(=O)c2cccs2)CC1. The molecule has 1 atom stereocenters. The number of nitrogens with zero attached hydrogens (tertiary/aromatic N) is 1. The van der Waals surface area contributed by atoms with Gasteiger partial charge in [0.25, 0.3) is 5.91 Å². The van der Waals surface area contributed by atoms with Crippen molar-refractivity contribution in [1.82, 2.24) is 10.2 Å². The van der Waals surface area contributed by atoms with Gasteiger partial charge in [-0.1, -0.05) is 6.07 Å². The molecule has 1 saturated heterocycles. The van der Waals surface area contributed by atoms with E-state index < -0.39 is 12.0 Å². The second kappa shape index (κ2) is 7.34. The maximum atomic E-state index is 12.6. The molecule has 2 fully saturated rings. The summed E-state index contributed by atoms with van der Waals surface area (Å²) in [5.74, 6) is -1.21. The lowest BCUT2D eigenvalue weighted by Gasteiger charge is -2.30. The van der Waals surface area contributed by atoms with E-state index in [2.05, 4.69) is 5.32 Å². The molecule has 1 aliphatic carbocycles. The van der Waals surface area contributed by atoms with Crippen LogP contribution in [-0.2, 0) is 9.59 Å². The molecular formula is C17H22N2O4S. The van der Waals surface area contributed by atoms with E-state index in [0.717, 1.165) is 6.42 Å². The molecule has 1 aliphatic heterocycles. The van der Waals surface area contributed by atoms with E-state index >= 15 is 0 Å². The average Bonchev–Trinajstić information content (AvgIpc) is 3.26. The van der Waals surface area contributed by atoms with Gasteiger partial charge in [-0.3, -0.25) is 14.4 Å². The van der Waals surface area contributed by atoms with Crippen molar-refractivity contribution in [3.8, 4) is 0 Å². The fourth-order valence-corrected chi connectivity index (χ4v) is 4.29. The van der Waals surface area contributed by atoms with Crippen LogP contribution in [0.1, 0.15) is 48.2 Å². The molecule has 1 aromatic rings. The molecule has 6 nitrogen and oxygen atoms in total. The van der Waals surface area contributed by atoms with Crippen LogP contribution in [-0.4, -0.2) is 46.4 Å². The van der Waals surface area contributed by atoms with Gasteiger partial charge in [0, 0.05) is 12.6 Å². The Balaban J connectivity index is 1.56. The number of rotatable bonds is 4. The molecule has 0 spiro atoms. The second-order valence-corrected chi connectivity index (χ2v) is 7.48. The topological polar surface area (TPSA) is 86.7 Å². The lowest BCUT2D eigenvalue weighted by atomic mass is 9.86. The van der Waals surface area contributed by atoms with E-state index in [1.54, 1.807) is 11.0 Å². The van der Waals surface area contributed by atoms with Crippen LogP contribution >= 0.6 is 11.3 Å². The maximum Gasteiger partial charge on any atom is 0.306 e. The fraction of sp³-hybridized carbons (Fsp3) is 0.588. The summed E-state index contributed by atoms with van der Waals surface area (Å²) in [6, 6.07) is 3.24. The van der Waals surface area contributed by atoms with Crippen molar-refractivity contribution in [2.45, 2.75) is 50.6 Å². The first-order valence-corrected chi connectivity index (χ1v) is 9.32. The Morgan fingerprint density at radius 3 is 2.54 bits per heavy atom. The molecule has 2 N–H and O–H groups in total. The molecule has 0 aromatic carbocycles. The standard InChI is InChI=1S/C17H22N2O4S/c20-15(18-12-7-5-11(6-8-12)17(22)23)13-3-1-9-19(13)16(21)14-4-2-10-24-14/h2,4,10-13H,1,3,5-9H2,(H,18,20)(H,22,23)/t11?,12?,13-/m0/s1. The van der Waals surface area contributed by atoms with E-state index in [4.69, 9.17) is 5.11 Å². The maximum absolute atomic E-state index is 12.6. The third-order valence-corrected chi connectivity index (χ3v) is 5.83. The Bertz CT molecular complexity index is 608. The number of carbonyl (C=O) groups excluding carboxylic acids is 2. The van der Waals surface area contributed by atoms with Crippen LogP contribution in [0.3, 0.4) is 0 Å². The quantitative estimate of drug-likeness (QED) is 0.871. The van der Waals surface area contributed by atoms with Crippen LogP contribution in [0.2, 0.25) is 0 Å². The van der Waals surface area contributed by atoms with E-state index in [0.29, 0.717) is 43.5 Å². The largest absolute Gasteiger partial charge is 0.481 e.